The molecule has 0 aliphatic carbocycles. The van der Waals surface area contributed by atoms with E-state index in [0.717, 1.165) is 30.9 Å². The first kappa shape index (κ1) is 17.1. The van der Waals surface area contributed by atoms with E-state index in [1.165, 1.54) is 23.3 Å². The van der Waals surface area contributed by atoms with Crippen LogP contribution in [0, 0.1) is 5.82 Å². The van der Waals surface area contributed by atoms with Crippen molar-refractivity contribution in [3.05, 3.63) is 88.9 Å². The van der Waals surface area contributed by atoms with Crippen LogP contribution in [0.25, 0.3) is 0 Å². The minimum atomic E-state index is -0.303. The number of nitrogens with one attached hydrogen (secondary N) is 1. The predicted molar refractivity (Wildman–Crippen MR) is 101 cm³/mol. The number of rotatable bonds is 4. The van der Waals surface area contributed by atoms with Crippen LogP contribution in [-0.4, -0.2) is 22.6 Å². The molecule has 0 atom stereocenters. The Balaban J connectivity index is 1.38. The van der Waals surface area contributed by atoms with E-state index in [9.17, 15) is 9.18 Å². The van der Waals surface area contributed by atoms with E-state index in [1.54, 1.807) is 18.2 Å². The third kappa shape index (κ3) is 3.95. The van der Waals surface area contributed by atoms with Crippen LogP contribution in [0.4, 0.5) is 10.2 Å². The summed E-state index contributed by atoms with van der Waals surface area (Å²) in [6.45, 7) is 1.98. The molecule has 1 aromatic heterocycles. The van der Waals surface area contributed by atoms with Crippen LogP contribution in [0.5, 0.6) is 0 Å². The number of aromatic nitrogens is 2. The number of carbonyl (C=O) groups is 1. The summed E-state index contributed by atoms with van der Waals surface area (Å²) in [7, 11) is 0. The first-order valence-corrected chi connectivity index (χ1v) is 8.87. The van der Waals surface area contributed by atoms with Crippen molar-refractivity contribution in [1.82, 2.24) is 15.5 Å². The molecule has 0 fully saturated rings. The van der Waals surface area contributed by atoms with Gasteiger partial charge < -0.3 is 10.2 Å². The molecule has 5 nitrogen and oxygen atoms in total. The summed E-state index contributed by atoms with van der Waals surface area (Å²) >= 11 is 0. The Hall–Kier alpha value is -3.28. The maximum absolute atomic E-state index is 12.9. The van der Waals surface area contributed by atoms with Gasteiger partial charge in [0, 0.05) is 19.6 Å². The third-order valence-corrected chi connectivity index (χ3v) is 4.70. The van der Waals surface area contributed by atoms with Gasteiger partial charge in [-0.25, -0.2) is 4.39 Å². The first-order chi connectivity index (χ1) is 13.2. The van der Waals surface area contributed by atoms with Crippen LogP contribution in [0.1, 0.15) is 27.2 Å². The molecule has 2 heterocycles. The molecule has 0 saturated carbocycles. The molecule has 1 N–H and O–H groups in total. The zero-order valence-corrected chi connectivity index (χ0v) is 14.7. The van der Waals surface area contributed by atoms with Crippen molar-refractivity contribution in [3.63, 3.8) is 0 Å². The zero-order valence-electron chi connectivity index (χ0n) is 14.7. The molecule has 27 heavy (non-hydrogen) atoms. The molecular weight excluding hydrogens is 343 g/mol. The largest absolute Gasteiger partial charge is 0.350 e. The van der Waals surface area contributed by atoms with E-state index in [1.807, 2.05) is 12.1 Å². The fraction of sp³-hybridized carbons (Fsp3) is 0.190. The van der Waals surface area contributed by atoms with Gasteiger partial charge in [0.2, 0.25) is 0 Å². The maximum atomic E-state index is 12.9. The number of hydrogen-bond acceptors (Lipinski definition) is 4. The van der Waals surface area contributed by atoms with Gasteiger partial charge in [-0.3, -0.25) is 4.79 Å². The normalized spacial score (nSPS) is 13.1. The summed E-state index contributed by atoms with van der Waals surface area (Å²) in [5.41, 5.74) is 3.75. The van der Waals surface area contributed by atoms with Crippen LogP contribution in [0.3, 0.4) is 0 Å². The molecule has 1 amide bonds. The lowest BCUT2D eigenvalue weighted by Crippen LogP contribution is -2.31. The van der Waals surface area contributed by atoms with Gasteiger partial charge in [-0.05, 0) is 47.4 Å². The second-order valence-electron chi connectivity index (χ2n) is 6.53. The molecule has 136 valence electrons. The Morgan fingerprint density at radius 2 is 1.78 bits per heavy atom. The van der Waals surface area contributed by atoms with Gasteiger partial charge in [-0.15, -0.1) is 10.2 Å². The fourth-order valence-electron chi connectivity index (χ4n) is 3.18. The van der Waals surface area contributed by atoms with Gasteiger partial charge in [-0.2, -0.15) is 0 Å². The lowest BCUT2D eigenvalue weighted by Gasteiger charge is -2.29. The Kier molecular flexibility index (Phi) is 4.78. The van der Waals surface area contributed by atoms with Gasteiger partial charge in [-0.1, -0.05) is 36.4 Å². The number of anilines is 1. The molecule has 3 aromatic rings. The maximum Gasteiger partial charge on any atom is 0.272 e. The number of nitrogens with zero attached hydrogens (tertiary/aromatic N) is 3. The molecule has 0 bridgehead atoms. The highest BCUT2D eigenvalue weighted by atomic mass is 19.1. The van der Waals surface area contributed by atoms with E-state index in [2.05, 4.69) is 38.6 Å². The summed E-state index contributed by atoms with van der Waals surface area (Å²) in [6.07, 6.45) is 0.970. The van der Waals surface area contributed by atoms with Crippen LogP contribution < -0.4 is 10.2 Å². The Morgan fingerprint density at radius 3 is 2.52 bits per heavy atom. The summed E-state index contributed by atoms with van der Waals surface area (Å²) in [5.74, 6) is 0.161. The summed E-state index contributed by atoms with van der Waals surface area (Å²) in [6, 6.07) is 17.9. The minimum absolute atomic E-state index is 0.262. The monoisotopic (exact) mass is 362 g/mol. The third-order valence-electron chi connectivity index (χ3n) is 4.70. The lowest BCUT2D eigenvalue weighted by molar-refractivity contribution is 0.0945. The van der Waals surface area contributed by atoms with Crippen LogP contribution in [-0.2, 0) is 19.5 Å². The molecule has 6 heteroatoms. The number of carbonyl (C=O) groups excluding carboxylic acids is 1. The molecule has 0 spiro atoms. The number of benzene rings is 2. The summed E-state index contributed by atoms with van der Waals surface area (Å²) < 4.78 is 12.9. The summed E-state index contributed by atoms with van der Waals surface area (Å²) in [4.78, 5) is 14.4. The predicted octanol–water partition coefficient (Wildman–Crippen LogP) is 3.11. The quantitative estimate of drug-likeness (QED) is 0.775. The van der Waals surface area contributed by atoms with E-state index in [0.29, 0.717) is 6.54 Å². The average molecular weight is 362 g/mol. The fourth-order valence-corrected chi connectivity index (χ4v) is 3.18. The van der Waals surface area contributed by atoms with Crippen molar-refractivity contribution >= 4 is 11.7 Å². The van der Waals surface area contributed by atoms with Gasteiger partial charge in [0.1, 0.15) is 5.82 Å². The number of halogens is 1. The van der Waals surface area contributed by atoms with Crippen molar-refractivity contribution in [2.75, 3.05) is 11.4 Å². The van der Waals surface area contributed by atoms with E-state index in [4.69, 9.17) is 0 Å². The lowest BCUT2D eigenvalue weighted by atomic mass is 10.00. The van der Waals surface area contributed by atoms with Crippen LogP contribution >= 0.6 is 0 Å². The van der Waals surface area contributed by atoms with Crippen molar-refractivity contribution in [2.24, 2.45) is 0 Å². The molecule has 0 radical (unpaired) electrons. The Bertz CT molecular complexity index is 941. The average Bonchev–Trinajstić information content (AvgIpc) is 2.73. The van der Waals surface area contributed by atoms with E-state index >= 15 is 0 Å². The van der Waals surface area contributed by atoms with Gasteiger partial charge >= 0.3 is 0 Å². The standard InChI is InChI=1S/C21H19FN4O/c22-18-7-5-15(6-8-18)13-23-21(27)19-9-10-20(25-24-19)26-12-11-16-3-1-2-4-17(16)14-26/h1-10H,11-14H2,(H,23,27). The van der Waals surface area contributed by atoms with E-state index < -0.39 is 0 Å². The highest BCUT2D eigenvalue weighted by molar-refractivity contribution is 5.92. The Labute approximate surface area is 156 Å². The number of amides is 1. The topological polar surface area (TPSA) is 58.1 Å². The SMILES string of the molecule is O=C(NCc1ccc(F)cc1)c1ccc(N2CCc3ccccc3C2)nn1. The molecule has 2 aromatic carbocycles. The van der Waals surface area contributed by atoms with Crippen molar-refractivity contribution in [1.29, 1.82) is 0 Å². The van der Waals surface area contributed by atoms with Gasteiger partial charge in [0.05, 0.1) is 0 Å². The molecule has 0 unspecified atom stereocenters. The van der Waals surface area contributed by atoms with Gasteiger partial charge in [0.15, 0.2) is 11.5 Å². The Morgan fingerprint density at radius 1 is 1.00 bits per heavy atom. The van der Waals surface area contributed by atoms with Crippen molar-refractivity contribution in [2.45, 2.75) is 19.5 Å². The zero-order chi connectivity index (χ0) is 18.6. The molecular formula is C21H19FN4O. The number of fused-ring (bicyclic) bond motifs is 1. The van der Waals surface area contributed by atoms with E-state index in [-0.39, 0.29) is 17.4 Å². The van der Waals surface area contributed by atoms with Crippen LogP contribution in [0.2, 0.25) is 0 Å². The molecule has 1 aliphatic heterocycles. The summed E-state index contributed by atoms with van der Waals surface area (Å²) in [5, 5.41) is 11.1. The highest BCUT2D eigenvalue weighted by Crippen LogP contribution is 2.22. The smallest absolute Gasteiger partial charge is 0.272 e. The minimum Gasteiger partial charge on any atom is -0.350 e. The van der Waals surface area contributed by atoms with Crippen molar-refractivity contribution in [3.8, 4) is 0 Å². The van der Waals surface area contributed by atoms with Crippen LogP contribution in [0.15, 0.2) is 60.7 Å². The highest BCUT2D eigenvalue weighted by Gasteiger charge is 2.18. The molecule has 4 rings (SSSR count). The van der Waals surface area contributed by atoms with Gasteiger partial charge in [0.25, 0.3) is 5.91 Å². The number of hydrogen-bond donors (Lipinski definition) is 1. The second-order valence-corrected chi connectivity index (χ2v) is 6.53. The first-order valence-electron chi connectivity index (χ1n) is 8.87. The van der Waals surface area contributed by atoms with Crippen molar-refractivity contribution < 1.29 is 9.18 Å². The molecule has 0 saturated heterocycles. The second kappa shape index (κ2) is 7.53. The molecule has 1 aliphatic rings.